The molecule has 0 unspecified atom stereocenters. The first-order chi connectivity index (χ1) is 9.08. The van der Waals surface area contributed by atoms with Gasteiger partial charge in [0.1, 0.15) is 0 Å². The highest BCUT2D eigenvalue weighted by molar-refractivity contribution is 6.42. The van der Waals surface area contributed by atoms with Crippen molar-refractivity contribution in [2.45, 2.75) is 13.5 Å². The Kier molecular flexibility index (Phi) is 5.09. The van der Waals surface area contributed by atoms with Gasteiger partial charge in [-0.1, -0.05) is 36.2 Å². The third-order valence-corrected chi connectivity index (χ3v) is 4.29. The largest absolute Gasteiger partial charge is 0.396 e. The predicted octanol–water partition coefficient (Wildman–Crippen LogP) is 2.82. The fraction of sp³-hybridized carbons (Fsp3) is 0.571. The van der Waals surface area contributed by atoms with Gasteiger partial charge in [-0.2, -0.15) is 0 Å². The maximum absolute atomic E-state index is 9.48. The average Bonchev–Trinajstić information content (AvgIpc) is 2.36. The summed E-state index contributed by atoms with van der Waals surface area (Å²) in [6.07, 6.45) is 0. The number of hydrogen-bond donors (Lipinski definition) is 1. The highest BCUT2D eigenvalue weighted by Gasteiger charge is 2.39. The Morgan fingerprint density at radius 3 is 2.53 bits per heavy atom. The first kappa shape index (κ1) is 15.1. The maximum Gasteiger partial charge on any atom is 0.0595 e. The molecule has 0 atom stereocenters. The third-order valence-electron chi connectivity index (χ3n) is 3.55. The Bertz CT molecular complexity index is 430. The molecule has 0 bridgehead atoms. The molecule has 3 nitrogen and oxygen atoms in total. The zero-order valence-corrected chi connectivity index (χ0v) is 12.5. The minimum Gasteiger partial charge on any atom is -0.396 e. The number of aliphatic hydroxyl groups is 1. The second kappa shape index (κ2) is 6.42. The van der Waals surface area contributed by atoms with Crippen LogP contribution < -0.4 is 0 Å². The molecule has 5 heteroatoms. The van der Waals surface area contributed by atoms with Gasteiger partial charge in [0.2, 0.25) is 0 Å². The number of halogens is 2. The summed E-state index contributed by atoms with van der Waals surface area (Å²) in [5.41, 5.74) is 1.04. The molecular formula is C14H19Cl2NO2. The molecule has 1 aromatic carbocycles. The second-order valence-corrected chi connectivity index (χ2v) is 6.02. The van der Waals surface area contributed by atoms with E-state index < -0.39 is 0 Å². The van der Waals surface area contributed by atoms with Gasteiger partial charge >= 0.3 is 0 Å². The van der Waals surface area contributed by atoms with Crippen molar-refractivity contribution >= 4 is 23.2 Å². The molecular weight excluding hydrogens is 285 g/mol. The molecule has 1 aliphatic heterocycles. The molecule has 1 aliphatic rings. The fourth-order valence-corrected chi connectivity index (χ4v) is 2.59. The van der Waals surface area contributed by atoms with Crippen molar-refractivity contribution in [1.82, 2.24) is 4.90 Å². The molecule has 0 spiro atoms. The molecule has 106 valence electrons. The van der Waals surface area contributed by atoms with Crippen LogP contribution in [0.4, 0.5) is 0 Å². The van der Waals surface area contributed by atoms with E-state index in [-0.39, 0.29) is 12.0 Å². The Balaban J connectivity index is 2.00. The minimum absolute atomic E-state index is 0.0910. The van der Waals surface area contributed by atoms with Crippen LogP contribution in [-0.2, 0) is 11.3 Å². The van der Waals surface area contributed by atoms with Crippen molar-refractivity contribution in [1.29, 1.82) is 0 Å². The maximum atomic E-state index is 9.48. The topological polar surface area (TPSA) is 32.7 Å². The third kappa shape index (κ3) is 3.61. The van der Waals surface area contributed by atoms with Crippen molar-refractivity contribution in [3.8, 4) is 0 Å². The number of rotatable bonds is 6. The average molecular weight is 304 g/mol. The van der Waals surface area contributed by atoms with E-state index in [1.54, 1.807) is 0 Å². The van der Waals surface area contributed by atoms with Crippen LogP contribution >= 0.6 is 23.2 Å². The number of hydrogen-bond acceptors (Lipinski definition) is 3. The van der Waals surface area contributed by atoms with Crippen molar-refractivity contribution in [3.05, 3.63) is 33.8 Å². The molecule has 2 rings (SSSR count). The van der Waals surface area contributed by atoms with Crippen LogP contribution in [0.5, 0.6) is 0 Å². The van der Waals surface area contributed by atoms with Gasteiger partial charge in [-0.05, 0) is 24.2 Å². The molecule has 0 saturated carbocycles. The first-order valence-corrected chi connectivity index (χ1v) is 7.19. The number of aliphatic hydroxyl groups excluding tert-OH is 1. The van der Waals surface area contributed by atoms with Crippen molar-refractivity contribution in [3.63, 3.8) is 0 Å². The van der Waals surface area contributed by atoms with E-state index in [1.807, 2.05) is 18.2 Å². The molecule has 0 aliphatic carbocycles. The van der Waals surface area contributed by atoms with E-state index in [1.165, 1.54) is 0 Å². The zero-order chi connectivity index (χ0) is 13.9. The Labute approximate surface area is 124 Å². The lowest BCUT2D eigenvalue weighted by atomic mass is 9.86. The fourth-order valence-electron chi connectivity index (χ4n) is 2.27. The normalized spacial score (nSPS) is 17.5. The van der Waals surface area contributed by atoms with E-state index in [0.717, 1.165) is 25.2 Å². The number of ether oxygens (including phenoxy) is 1. The lowest BCUT2D eigenvalue weighted by molar-refractivity contribution is -0.148. The smallest absolute Gasteiger partial charge is 0.0595 e. The van der Waals surface area contributed by atoms with Crippen LogP contribution in [0.2, 0.25) is 10.0 Å². The first-order valence-electron chi connectivity index (χ1n) is 6.43. The highest BCUT2D eigenvalue weighted by atomic mass is 35.5. The van der Waals surface area contributed by atoms with E-state index >= 15 is 0 Å². The van der Waals surface area contributed by atoms with E-state index in [9.17, 15) is 5.11 Å². The van der Waals surface area contributed by atoms with Gasteiger partial charge in [0.15, 0.2) is 0 Å². The molecule has 19 heavy (non-hydrogen) atoms. The predicted molar refractivity (Wildman–Crippen MR) is 77.8 cm³/mol. The summed E-state index contributed by atoms with van der Waals surface area (Å²) in [7, 11) is 0. The van der Waals surface area contributed by atoms with Crippen LogP contribution in [0.1, 0.15) is 12.5 Å². The van der Waals surface area contributed by atoms with Gasteiger partial charge in [-0.15, -0.1) is 0 Å². The lowest BCUT2D eigenvalue weighted by Gasteiger charge is -2.43. The summed E-state index contributed by atoms with van der Waals surface area (Å²) in [6, 6.07) is 5.70. The van der Waals surface area contributed by atoms with E-state index in [2.05, 4.69) is 11.8 Å². The summed E-state index contributed by atoms with van der Waals surface area (Å²) in [4.78, 5) is 2.29. The standard InChI is InChI=1S/C14H19Cl2NO2/c1-2-17(7-14(8-18)9-19-10-14)6-11-3-4-12(15)13(16)5-11/h3-5,18H,2,6-10H2,1H3. The van der Waals surface area contributed by atoms with Gasteiger partial charge in [0, 0.05) is 13.1 Å². The van der Waals surface area contributed by atoms with Gasteiger partial charge in [-0.3, -0.25) is 4.90 Å². The van der Waals surface area contributed by atoms with Crippen LogP contribution in [0.25, 0.3) is 0 Å². The molecule has 0 aromatic heterocycles. The Hall–Kier alpha value is -0.320. The summed E-state index contributed by atoms with van der Waals surface area (Å²) < 4.78 is 5.23. The minimum atomic E-state index is -0.0910. The molecule has 1 fully saturated rings. The van der Waals surface area contributed by atoms with E-state index in [0.29, 0.717) is 23.3 Å². The second-order valence-electron chi connectivity index (χ2n) is 5.20. The van der Waals surface area contributed by atoms with Crippen LogP contribution in [0, 0.1) is 5.41 Å². The summed E-state index contributed by atoms with van der Waals surface area (Å²) >= 11 is 11.9. The quantitative estimate of drug-likeness (QED) is 0.877. The molecule has 1 aromatic rings. The molecule has 0 radical (unpaired) electrons. The Morgan fingerprint density at radius 1 is 1.32 bits per heavy atom. The van der Waals surface area contributed by atoms with Crippen molar-refractivity contribution < 1.29 is 9.84 Å². The van der Waals surface area contributed by atoms with Crippen molar-refractivity contribution in [2.75, 3.05) is 32.9 Å². The summed E-state index contributed by atoms with van der Waals surface area (Å²) in [5, 5.41) is 10.6. The Morgan fingerprint density at radius 2 is 2.05 bits per heavy atom. The SMILES string of the molecule is CCN(Cc1ccc(Cl)c(Cl)c1)CC1(CO)COC1. The lowest BCUT2D eigenvalue weighted by Crippen LogP contribution is -2.53. The van der Waals surface area contributed by atoms with Gasteiger partial charge in [0.05, 0.1) is 35.3 Å². The summed E-state index contributed by atoms with van der Waals surface area (Å²) in [5.74, 6) is 0. The number of nitrogens with zero attached hydrogens (tertiary/aromatic N) is 1. The van der Waals surface area contributed by atoms with Crippen LogP contribution in [0.3, 0.4) is 0 Å². The van der Waals surface area contributed by atoms with Crippen LogP contribution in [0.15, 0.2) is 18.2 Å². The summed E-state index contributed by atoms with van der Waals surface area (Å²) in [6.45, 7) is 6.12. The van der Waals surface area contributed by atoms with Gasteiger partial charge in [0.25, 0.3) is 0 Å². The molecule has 0 amide bonds. The molecule has 1 saturated heterocycles. The number of benzene rings is 1. The van der Waals surface area contributed by atoms with Crippen LogP contribution in [-0.4, -0.2) is 42.9 Å². The van der Waals surface area contributed by atoms with Crippen molar-refractivity contribution in [2.24, 2.45) is 5.41 Å². The van der Waals surface area contributed by atoms with E-state index in [4.69, 9.17) is 27.9 Å². The molecule has 1 heterocycles. The van der Waals surface area contributed by atoms with Gasteiger partial charge in [-0.25, -0.2) is 0 Å². The zero-order valence-electron chi connectivity index (χ0n) is 11.0. The monoisotopic (exact) mass is 303 g/mol. The molecule has 1 N–H and O–H groups in total. The van der Waals surface area contributed by atoms with Gasteiger partial charge < -0.3 is 9.84 Å². The highest BCUT2D eigenvalue weighted by Crippen LogP contribution is 2.29.